The van der Waals surface area contributed by atoms with E-state index in [1.54, 1.807) is 5.06 Å². The Morgan fingerprint density at radius 3 is 2.33 bits per heavy atom. The molecule has 8 nitrogen and oxygen atoms in total. The van der Waals surface area contributed by atoms with Crippen molar-refractivity contribution < 1.29 is 24.0 Å². The summed E-state index contributed by atoms with van der Waals surface area (Å²) >= 11 is 16.8. The van der Waals surface area contributed by atoms with E-state index in [0.29, 0.717) is 25.9 Å². The normalized spacial score (nSPS) is 19.4. The summed E-state index contributed by atoms with van der Waals surface area (Å²) in [7, 11) is 0. The number of halogens is 3. The van der Waals surface area contributed by atoms with Gasteiger partial charge in [0.2, 0.25) is 0 Å². The standard InChI is InChI=1S/C19H26Cl3N3O5/c1-3-24(4-2)30-17(26)16-11-10-15(12-23-16)25(18(27)29-19(20,21)22)28-13-14-8-6-5-7-9-14/h5-9,15-16,23H,3-4,10-13H2,1-2H3/t15-,16+/m1/s1. The number of alkyl halides is 3. The van der Waals surface area contributed by atoms with Gasteiger partial charge in [-0.3, -0.25) is 4.84 Å². The molecule has 1 heterocycles. The van der Waals surface area contributed by atoms with Crippen LogP contribution >= 0.6 is 34.8 Å². The number of hydrogen-bond donors (Lipinski definition) is 1. The van der Waals surface area contributed by atoms with E-state index in [9.17, 15) is 9.59 Å². The van der Waals surface area contributed by atoms with Gasteiger partial charge in [-0.15, -0.1) is 5.06 Å². The fourth-order valence-corrected chi connectivity index (χ4v) is 3.15. The number of amides is 1. The minimum atomic E-state index is -2.22. The van der Waals surface area contributed by atoms with Crippen LogP contribution in [-0.4, -0.2) is 57.9 Å². The average molecular weight is 483 g/mol. The highest BCUT2D eigenvalue weighted by molar-refractivity contribution is 6.66. The van der Waals surface area contributed by atoms with Gasteiger partial charge in [-0.25, -0.2) is 9.59 Å². The number of carbonyl (C=O) groups is 2. The Labute approximate surface area is 191 Å². The van der Waals surface area contributed by atoms with Crippen molar-refractivity contribution in [3.8, 4) is 0 Å². The van der Waals surface area contributed by atoms with Crippen molar-refractivity contribution in [1.29, 1.82) is 0 Å². The monoisotopic (exact) mass is 481 g/mol. The third-order valence-corrected chi connectivity index (χ3v) is 4.76. The van der Waals surface area contributed by atoms with Crippen LogP contribution in [0.3, 0.4) is 0 Å². The molecule has 1 N–H and O–H groups in total. The lowest BCUT2D eigenvalue weighted by molar-refractivity contribution is -0.195. The minimum Gasteiger partial charge on any atom is -0.396 e. The molecule has 1 amide bonds. The molecule has 2 atom stereocenters. The molecular formula is C19H26Cl3N3O5. The first-order valence-corrected chi connectivity index (χ1v) is 10.8. The van der Waals surface area contributed by atoms with Gasteiger partial charge < -0.3 is 14.9 Å². The van der Waals surface area contributed by atoms with Gasteiger partial charge in [-0.05, 0) is 67.1 Å². The molecule has 0 aromatic heterocycles. The molecule has 0 spiro atoms. The number of rotatable bonds is 8. The number of nitrogens with zero attached hydrogens (tertiary/aromatic N) is 2. The Morgan fingerprint density at radius 2 is 1.80 bits per heavy atom. The second-order valence-electron chi connectivity index (χ2n) is 6.62. The van der Waals surface area contributed by atoms with Crippen molar-refractivity contribution in [1.82, 2.24) is 15.4 Å². The number of piperidine rings is 1. The van der Waals surface area contributed by atoms with E-state index in [0.717, 1.165) is 10.6 Å². The van der Waals surface area contributed by atoms with E-state index < -0.39 is 22.2 Å². The van der Waals surface area contributed by atoms with Crippen molar-refractivity contribution in [3.05, 3.63) is 35.9 Å². The Hall–Kier alpha value is -1.29. The smallest absolute Gasteiger partial charge is 0.396 e. The van der Waals surface area contributed by atoms with Gasteiger partial charge in [0, 0.05) is 19.6 Å². The number of ether oxygens (including phenoxy) is 1. The van der Waals surface area contributed by atoms with Gasteiger partial charge in [-0.1, -0.05) is 30.3 Å². The summed E-state index contributed by atoms with van der Waals surface area (Å²) in [4.78, 5) is 35.9. The van der Waals surface area contributed by atoms with Gasteiger partial charge in [0.05, 0.1) is 6.04 Å². The number of benzene rings is 1. The zero-order valence-electron chi connectivity index (χ0n) is 16.9. The molecule has 0 bridgehead atoms. The highest BCUT2D eigenvalue weighted by atomic mass is 35.6. The summed E-state index contributed by atoms with van der Waals surface area (Å²) in [5.74, 6) is -0.363. The van der Waals surface area contributed by atoms with E-state index >= 15 is 0 Å². The summed E-state index contributed by atoms with van der Waals surface area (Å²) < 4.78 is 2.61. The van der Waals surface area contributed by atoms with Crippen LogP contribution in [0.5, 0.6) is 0 Å². The summed E-state index contributed by atoms with van der Waals surface area (Å²) in [6.45, 7) is 5.41. The van der Waals surface area contributed by atoms with E-state index in [2.05, 4.69) is 5.32 Å². The van der Waals surface area contributed by atoms with Gasteiger partial charge in [0.25, 0.3) is 0 Å². The summed E-state index contributed by atoms with van der Waals surface area (Å²) in [6.07, 6.45) is -0.0203. The number of hydroxylamine groups is 4. The maximum absolute atomic E-state index is 12.5. The van der Waals surface area contributed by atoms with Crippen molar-refractivity contribution in [2.45, 2.75) is 49.4 Å². The lowest BCUT2D eigenvalue weighted by Crippen LogP contribution is -2.54. The SMILES string of the molecule is CCN(CC)OC(=O)[C@@H]1CC[C@@H](N(OCc2ccccc2)C(=O)OC(Cl)(Cl)Cl)CN1. The van der Waals surface area contributed by atoms with Crippen molar-refractivity contribution >= 4 is 46.9 Å². The highest BCUT2D eigenvalue weighted by Crippen LogP contribution is 2.29. The Morgan fingerprint density at radius 1 is 1.13 bits per heavy atom. The molecule has 1 fully saturated rings. The second kappa shape index (κ2) is 11.9. The van der Waals surface area contributed by atoms with Gasteiger partial charge in [0.1, 0.15) is 12.6 Å². The largest absolute Gasteiger partial charge is 0.437 e. The fourth-order valence-electron chi connectivity index (χ4n) is 2.96. The van der Waals surface area contributed by atoms with E-state index in [1.165, 1.54) is 0 Å². The third kappa shape index (κ3) is 8.09. The second-order valence-corrected chi connectivity index (χ2v) is 8.79. The maximum atomic E-state index is 12.5. The van der Waals surface area contributed by atoms with Crippen molar-refractivity contribution in [2.75, 3.05) is 19.6 Å². The lowest BCUT2D eigenvalue weighted by Gasteiger charge is -2.35. The summed E-state index contributed by atoms with van der Waals surface area (Å²) in [6, 6.07) is 8.40. The predicted octanol–water partition coefficient (Wildman–Crippen LogP) is 3.81. The van der Waals surface area contributed by atoms with Crippen LogP contribution in [0.25, 0.3) is 0 Å². The van der Waals surface area contributed by atoms with Crippen LogP contribution in [0.2, 0.25) is 0 Å². The quantitative estimate of drug-likeness (QED) is 0.446. The van der Waals surface area contributed by atoms with Crippen molar-refractivity contribution in [2.24, 2.45) is 0 Å². The van der Waals surface area contributed by atoms with E-state index in [4.69, 9.17) is 49.2 Å². The Balaban J connectivity index is 1.99. The first-order valence-electron chi connectivity index (χ1n) is 9.69. The summed E-state index contributed by atoms with van der Waals surface area (Å²) in [5.41, 5.74) is 0.855. The molecule has 1 aromatic rings. The van der Waals surface area contributed by atoms with E-state index in [-0.39, 0.29) is 19.1 Å². The van der Waals surface area contributed by atoms with Crippen molar-refractivity contribution in [3.63, 3.8) is 0 Å². The number of carbonyl (C=O) groups excluding carboxylic acids is 2. The van der Waals surface area contributed by atoms with Gasteiger partial charge in [-0.2, -0.15) is 5.06 Å². The molecule has 1 aliphatic heterocycles. The molecule has 0 aliphatic carbocycles. The molecular weight excluding hydrogens is 457 g/mol. The zero-order chi connectivity index (χ0) is 22.1. The molecule has 11 heteroatoms. The Kier molecular flexibility index (Phi) is 9.93. The molecule has 0 unspecified atom stereocenters. The Bertz CT molecular complexity index is 678. The molecule has 1 saturated heterocycles. The van der Waals surface area contributed by atoms with Gasteiger partial charge >= 0.3 is 16.0 Å². The molecule has 1 aliphatic rings. The maximum Gasteiger partial charge on any atom is 0.437 e. The van der Waals surface area contributed by atoms with Crippen LogP contribution in [-0.2, 0) is 25.8 Å². The average Bonchev–Trinajstić information content (AvgIpc) is 2.72. The van der Waals surface area contributed by atoms with Gasteiger partial charge in [0.15, 0.2) is 0 Å². The van der Waals surface area contributed by atoms with Crippen LogP contribution < -0.4 is 5.32 Å². The molecule has 30 heavy (non-hydrogen) atoms. The zero-order valence-corrected chi connectivity index (χ0v) is 19.1. The lowest BCUT2D eigenvalue weighted by atomic mass is 10.0. The van der Waals surface area contributed by atoms with Crippen LogP contribution in [0.4, 0.5) is 4.79 Å². The van der Waals surface area contributed by atoms with Crippen LogP contribution in [0.1, 0.15) is 32.3 Å². The number of nitrogens with one attached hydrogen (secondary N) is 1. The predicted molar refractivity (Wildman–Crippen MR) is 114 cm³/mol. The first kappa shape index (κ1) is 25.0. The summed E-state index contributed by atoms with van der Waals surface area (Å²) in [5, 5.41) is 5.71. The molecule has 2 rings (SSSR count). The van der Waals surface area contributed by atoms with Crippen LogP contribution in [0.15, 0.2) is 30.3 Å². The first-order chi connectivity index (χ1) is 14.2. The number of hydrogen-bond acceptors (Lipinski definition) is 7. The topological polar surface area (TPSA) is 80.3 Å². The molecule has 0 saturated carbocycles. The molecule has 1 aromatic carbocycles. The van der Waals surface area contributed by atoms with E-state index in [1.807, 2.05) is 44.2 Å². The minimum absolute atomic E-state index is 0.125. The molecule has 168 valence electrons. The molecule has 0 radical (unpaired) electrons. The highest BCUT2D eigenvalue weighted by Gasteiger charge is 2.37. The van der Waals surface area contributed by atoms with Crippen LogP contribution in [0, 0.1) is 0 Å². The third-order valence-electron chi connectivity index (χ3n) is 4.53. The fraction of sp³-hybridized carbons (Fsp3) is 0.579.